The highest BCUT2D eigenvalue weighted by molar-refractivity contribution is 9.10. The molecule has 5 heteroatoms. The Morgan fingerprint density at radius 3 is 2.67 bits per heavy atom. The Kier molecular flexibility index (Phi) is 3.07. The number of hydrazone groups is 1. The standard InChI is InChI=1S/C7H9BrN4/c8-6-4-2-1-3-5(6)7(9)11-12-10/h1-4,12H,10H2,(H2,9,11)/p+1. The number of halogens is 1. The van der Waals surface area contributed by atoms with Gasteiger partial charge in [0.15, 0.2) is 0 Å². The van der Waals surface area contributed by atoms with Crippen LogP contribution < -0.4 is 22.2 Å². The van der Waals surface area contributed by atoms with Crippen LogP contribution >= 0.6 is 15.9 Å². The molecule has 0 amide bonds. The highest BCUT2D eigenvalue weighted by atomic mass is 79.9. The van der Waals surface area contributed by atoms with E-state index in [9.17, 15) is 0 Å². The first-order chi connectivity index (χ1) is 5.75. The fourth-order valence-corrected chi connectivity index (χ4v) is 1.32. The van der Waals surface area contributed by atoms with Gasteiger partial charge in [-0.05, 0) is 28.1 Å². The van der Waals surface area contributed by atoms with Gasteiger partial charge in [0.05, 0.1) is 5.56 Å². The fourth-order valence-electron chi connectivity index (χ4n) is 0.825. The number of nitrogens with two attached hydrogens (primary N) is 2. The average Bonchev–Trinajstić information content (AvgIpc) is 2.05. The van der Waals surface area contributed by atoms with E-state index in [0.29, 0.717) is 5.84 Å². The summed E-state index contributed by atoms with van der Waals surface area (Å²) in [5.41, 5.74) is 8.77. The van der Waals surface area contributed by atoms with Gasteiger partial charge in [0.1, 0.15) is 0 Å². The van der Waals surface area contributed by atoms with Crippen LogP contribution in [0.3, 0.4) is 0 Å². The number of benzene rings is 1. The summed E-state index contributed by atoms with van der Waals surface area (Å²) in [6.45, 7) is 0. The first-order valence-electron chi connectivity index (χ1n) is 3.34. The summed E-state index contributed by atoms with van der Waals surface area (Å²) in [5, 5.41) is 2.59. The Labute approximate surface area is 78.7 Å². The molecular weight excluding hydrogens is 220 g/mol. The van der Waals surface area contributed by atoms with E-state index in [4.69, 9.17) is 11.6 Å². The Bertz CT molecular complexity index is 297. The largest absolute Gasteiger partial charge is 0.298 e. The van der Waals surface area contributed by atoms with Crippen molar-refractivity contribution in [3.05, 3.63) is 34.3 Å². The summed E-state index contributed by atoms with van der Waals surface area (Å²) in [7, 11) is 0. The molecule has 0 aromatic heterocycles. The lowest BCUT2D eigenvalue weighted by atomic mass is 10.2. The molecule has 1 aromatic rings. The topological polar surface area (TPSA) is 78.0 Å². The van der Waals surface area contributed by atoms with Crippen molar-refractivity contribution in [3.8, 4) is 0 Å². The van der Waals surface area contributed by atoms with Gasteiger partial charge in [-0.2, -0.15) is 10.6 Å². The van der Waals surface area contributed by atoms with Crippen LogP contribution in [-0.2, 0) is 0 Å². The average molecular weight is 230 g/mol. The summed E-state index contributed by atoms with van der Waals surface area (Å²) in [4.78, 5) is 0. The van der Waals surface area contributed by atoms with Gasteiger partial charge in [-0.3, -0.25) is 5.73 Å². The fraction of sp³-hybridized carbons (Fsp3) is 0. The zero-order chi connectivity index (χ0) is 8.97. The maximum atomic E-state index is 5.64. The van der Waals surface area contributed by atoms with E-state index in [1.807, 2.05) is 24.3 Å². The molecule has 0 aliphatic carbocycles. The first kappa shape index (κ1) is 9.02. The molecule has 64 valence electrons. The van der Waals surface area contributed by atoms with Crippen LogP contribution in [0.1, 0.15) is 5.56 Å². The van der Waals surface area contributed by atoms with E-state index >= 15 is 0 Å². The zero-order valence-corrected chi connectivity index (χ0v) is 7.93. The van der Waals surface area contributed by atoms with Gasteiger partial charge >= 0.3 is 0 Å². The molecule has 0 unspecified atom stereocenters. The van der Waals surface area contributed by atoms with Crippen LogP contribution in [0.25, 0.3) is 0 Å². The highest BCUT2D eigenvalue weighted by Crippen LogP contribution is 2.13. The molecule has 0 spiro atoms. The van der Waals surface area contributed by atoms with Crippen LogP contribution in [-0.4, -0.2) is 5.84 Å². The third-order valence-corrected chi connectivity index (χ3v) is 2.06. The Morgan fingerprint density at radius 2 is 2.08 bits per heavy atom. The Hall–Kier alpha value is -1.07. The summed E-state index contributed by atoms with van der Waals surface area (Å²) in [6.07, 6.45) is 0. The van der Waals surface area contributed by atoms with E-state index in [2.05, 4.69) is 26.6 Å². The minimum atomic E-state index is 0.477. The molecule has 6 N–H and O–H groups in total. The smallest absolute Gasteiger partial charge is 0.285 e. The number of amidine groups is 1. The normalized spacial score (nSPS) is 11.3. The Morgan fingerprint density at radius 1 is 1.42 bits per heavy atom. The van der Waals surface area contributed by atoms with Gasteiger partial charge in [0.25, 0.3) is 5.84 Å². The number of hydrogen-bond acceptors (Lipinski definition) is 2. The molecule has 0 radical (unpaired) electrons. The van der Waals surface area contributed by atoms with E-state index in [-0.39, 0.29) is 0 Å². The maximum absolute atomic E-state index is 5.64. The lowest BCUT2D eigenvalue weighted by Crippen LogP contribution is -2.87. The number of hydrogen-bond donors (Lipinski definition) is 4. The van der Waals surface area contributed by atoms with Crippen molar-refractivity contribution < 1.29 is 5.10 Å². The molecule has 4 nitrogen and oxygen atoms in total. The van der Waals surface area contributed by atoms with Crippen molar-refractivity contribution in [1.82, 2.24) is 5.53 Å². The van der Waals surface area contributed by atoms with Crippen molar-refractivity contribution in [3.63, 3.8) is 0 Å². The molecule has 1 rings (SSSR count). The third kappa shape index (κ3) is 1.96. The summed E-state index contributed by atoms with van der Waals surface area (Å²) in [5.74, 6) is 5.52. The molecule has 0 aliphatic heterocycles. The van der Waals surface area contributed by atoms with Crippen LogP contribution in [0.5, 0.6) is 0 Å². The number of rotatable bonds is 2. The molecule has 0 heterocycles. The number of nitrogen functional groups attached to an aromatic ring is 1. The lowest BCUT2D eigenvalue weighted by molar-refractivity contribution is -0.528. The molecule has 1 aromatic carbocycles. The van der Waals surface area contributed by atoms with Gasteiger partial charge in [-0.25, -0.2) is 5.84 Å². The molecule has 0 atom stereocenters. The minimum absolute atomic E-state index is 0.477. The molecule has 0 aliphatic rings. The predicted octanol–water partition coefficient (Wildman–Crippen LogP) is -1.39. The molecular formula is C7H10BrN4+. The van der Waals surface area contributed by atoms with Gasteiger partial charge in [-0.1, -0.05) is 12.1 Å². The number of nitrogens with one attached hydrogen (secondary N) is 2. The monoisotopic (exact) mass is 229 g/mol. The van der Waals surface area contributed by atoms with E-state index in [0.717, 1.165) is 10.0 Å². The van der Waals surface area contributed by atoms with Crippen LogP contribution in [0.15, 0.2) is 28.7 Å². The quantitative estimate of drug-likeness (QED) is 0.219. The second-order valence-electron chi connectivity index (χ2n) is 2.16. The van der Waals surface area contributed by atoms with Crippen molar-refractivity contribution in [2.45, 2.75) is 0 Å². The van der Waals surface area contributed by atoms with Crippen molar-refractivity contribution in [1.29, 1.82) is 0 Å². The van der Waals surface area contributed by atoms with Crippen LogP contribution in [0.2, 0.25) is 0 Å². The summed E-state index contributed by atoms with van der Waals surface area (Å²) >= 11 is 3.36. The molecule has 0 saturated carbocycles. The van der Waals surface area contributed by atoms with Gasteiger partial charge < -0.3 is 0 Å². The van der Waals surface area contributed by atoms with E-state index < -0.39 is 0 Å². The Balaban J connectivity index is 3.02. The van der Waals surface area contributed by atoms with E-state index in [1.54, 1.807) is 0 Å². The number of hydrazine groups is 2. The highest BCUT2D eigenvalue weighted by Gasteiger charge is 2.06. The van der Waals surface area contributed by atoms with Gasteiger partial charge in [-0.15, -0.1) is 0 Å². The van der Waals surface area contributed by atoms with Gasteiger partial charge in [0, 0.05) is 4.47 Å². The minimum Gasteiger partial charge on any atom is -0.285 e. The second-order valence-corrected chi connectivity index (χ2v) is 3.02. The van der Waals surface area contributed by atoms with E-state index in [1.165, 1.54) is 0 Å². The third-order valence-electron chi connectivity index (χ3n) is 1.37. The molecule has 0 bridgehead atoms. The molecule has 0 saturated heterocycles. The second kappa shape index (κ2) is 4.08. The predicted molar refractivity (Wildman–Crippen MR) is 50.7 cm³/mol. The van der Waals surface area contributed by atoms with Crippen molar-refractivity contribution >= 4 is 21.8 Å². The summed E-state index contributed by atoms with van der Waals surface area (Å²) in [6, 6.07) is 7.59. The SMILES string of the molecule is NN[NH+]=C(N)c1ccccc1Br. The lowest BCUT2D eigenvalue weighted by Gasteiger charge is -1.97. The van der Waals surface area contributed by atoms with Crippen LogP contribution in [0, 0.1) is 0 Å². The van der Waals surface area contributed by atoms with Crippen molar-refractivity contribution in [2.24, 2.45) is 11.6 Å². The zero-order valence-electron chi connectivity index (χ0n) is 6.34. The molecule has 0 fully saturated rings. The van der Waals surface area contributed by atoms with Gasteiger partial charge in [0.2, 0.25) is 0 Å². The first-order valence-corrected chi connectivity index (χ1v) is 4.14. The summed E-state index contributed by atoms with van der Waals surface area (Å²) < 4.78 is 0.922. The molecule has 12 heavy (non-hydrogen) atoms. The maximum Gasteiger partial charge on any atom is 0.298 e. The van der Waals surface area contributed by atoms with Crippen LogP contribution in [0.4, 0.5) is 0 Å². The van der Waals surface area contributed by atoms with Crippen molar-refractivity contribution in [2.75, 3.05) is 0 Å².